The number of rotatable bonds is 7. The number of hydrogen-bond donors (Lipinski definition) is 2. The van der Waals surface area contributed by atoms with Crippen molar-refractivity contribution in [2.45, 2.75) is 24.0 Å². The molecule has 1 saturated carbocycles. The highest BCUT2D eigenvalue weighted by molar-refractivity contribution is 7.98. The van der Waals surface area contributed by atoms with Gasteiger partial charge in [0.15, 0.2) is 5.16 Å². The van der Waals surface area contributed by atoms with Crippen LogP contribution in [0.3, 0.4) is 0 Å². The van der Waals surface area contributed by atoms with Crippen molar-refractivity contribution in [3.63, 3.8) is 0 Å². The molecule has 1 aliphatic rings. The first-order valence-electron chi connectivity index (χ1n) is 5.95. The Morgan fingerprint density at radius 2 is 2.33 bits per heavy atom. The van der Waals surface area contributed by atoms with E-state index in [0.717, 1.165) is 12.6 Å². The quantitative estimate of drug-likeness (QED) is 0.330. The lowest BCUT2D eigenvalue weighted by Gasteiger charge is -2.15. The summed E-state index contributed by atoms with van der Waals surface area (Å²) in [5.74, 6) is 6.48. The molecule has 0 atom stereocenters. The zero-order chi connectivity index (χ0) is 13.0. The van der Waals surface area contributed by atoms with Crippen LogP contribution in [-0.4, -0.2) is 47.4 Å². The van der Waals surface area contributed by atoms with Gasteiger partial charge in [-0.25, -0.2) is 10.8 Å². The van der Waals surface area contributed by atoms with E-state index in [-0.39, 0.29) is 0 Å². The molecule has 0 radical (unpaired) electrons. The number of thioether (sulfide) groups is 1. The van der Waals surface area contributed by atoms with Crippen molar-refractivity contribution < 1.29 is 4.74 Å². The predicted octanol–water partition coefficient (Wildman–Crippen LogP) is 0.957. The van der Waals surface area contributed by atoms with Crippen LogP contribution in [0.25, 0.3) is 0 Å². The van der Waals surface area contributed by atoms with Gasteiger partial charge in [-0.1, -0.05) is 11.8 Å². The van der Waals surface area contributed by atoms with Crippen molar-refractivity contribution in [2.75, 3.05) is 31.9 Å². The first-order chi connectivity index (χ1) is 8.72. The number of nitrogens with two attached hydrogens (primary N) is 1. The number of hydrazine groups is 1. The van der Waals surface area contributed by atoms with Crippen LogP contribution in [0, 0.1) is 0 Å². The number of nitrogens with one attached hydrogen (secondary N) is 1. The number of anilines is 1. The lowest BCUT2D eigenvalue weighted by molar-refractivity contribution is 0.225. The highest BCUT2D eigenvalue weighted by Crippen LogP contribution is 2.25. The Morgan fingerprint density at radius 3 is 2.94 bits per heavy atom. The van der Waals surface area contributed by atoms with Gasteiger partial charge in [0.2, 0.25) is 5.88 Å². The normalized spacial score (nSPS) is 14.9. The molecular weight excluding hydrogens is 250 g/mol. The first kappa shape index (κ1) is 13.4. The van der Waals surface area contributed by atoms with E-state index >= 15 is 0 Å². The molecule has 18 heavy (non-hydrogen) atoms. The maximum Gasteiger partial charge on any atom is 0.219 e. The molecule has 0 saturated heterocycles. The molecule has 0 spiro atoms. The van der Waals surface area contributed by atoms with E-state index < -0.39 is 0 Å². The molecule has 1 aliphatic carbocycles. The van der Waals surface area contributed by atoms with E-state index in [2.05, 4.69) is 27.3 Å². The van der Waals surface area contributed by atoms with Crippen LogP contribution in [0.2, 0.25) is 0 Å². The summed E-state index contributed by atoms with van der Waals surface area (Å²) in [5, 5.41) is 0.649. The Morgan fingerprint density at radius 1 is 1.56 bits per heavy atom. The van der Waals surface area contributed by atoms with Gasteiger partial charge in [0.25, 0.3) is 0 Å². The minimum Gasteiger partial charge on any atom is -0.476 e. The summed E-state index contributed by atoms with van der Waals surface area (Å²) >= 11 is 1.46. The second kappa shape index (κ2) is 6.21. The van der Waals surface area contributed by atoms with Crippen LogP contribution >= 0.6 is 11.8 Å². The van der Waals surface area contributed by atoms with Gasteiger partial charge in [0.05, 0.1) is 0 Å². The third kappa shape index (κ3) is 3.72. The molecule has 0 aliphatic heterocycles. The summed E-state index contributed by atoms with van der Waals surface area (Å²) in [6.07, 6.45) is 4.53. The molecule has 2 rings (SSSR count). The average Bonchev–Trinajstić information content (AvgIpc) is 3.22. The minimum atomic E-state index is 0.562. The Bertz CT molecular complexity index is 377. The van der Waals surface area contributed by atoms with Gasteiger partial charge in [-0.05, 0) is 26.1 Å². The van der Waals surface area contributed by atoms with E-state index in [1.807, 2.05) is 6.26 Å². The zero-order valence-corrected chi connectivity index (χ0v) is 11.5. The van der Waals surface area contributed by atoms with Crippen molar-refractivity contribution in [1.29, 1.82) is 0 Å². The van der Waals surface area contributed by atoms with Crippen LogP contribution in [-0.2, 0) is 0 Å². The number of nitrogen functional groups attached to an aromatic ring is 1. The lowest BCUT2D eigenvalue weighted by Crippen LogP contribution is -2.26. The fourth-order valence-electron chi connectivity index (χ4n) is 1.64. The van der Waals surface area contributed by atoms with E-state index in [1.165, 1.54) is 24.6 Å². The average molecular weight is 269 g/mol. The first-order valence-corrected chi connectivity index (χ1v) is 7.18. The number of ether oxygens (including phenoxy) is 1. The monoisotopic (exact) mass is 269 g/mol. The van der Waals surface area contributed by atoms with Crippen molar-refractivity contribution in [1.82, 2.24) is 14.9 Å². The van der Waals surface area contributed by atoms with Crippen molar-refractivity contribution in [3.05, 3.63) is 6.07 Å². The Balaban J connectivity index is 1.87. The minimum absolute atomic E-state index is 0.562. The molecule has 7 heteroatoms. The Labute approximate surface area is 111 Å². The highest BCUT2D eigenvalue weighted by atomic mass is 32.2. The molecule has 1 heterocycles. The summed E-state index contributed by atoms with van der Waals surface area (Å²) < 4.78 is 5.64. The summed E-state index contributed by atoms with van der Waals surface area (Å²) in [7, 11) is 2.13. The van der Waals surface area contributed by atoms with Gasteiger partial charge in [-0.15, -0.1) is 0 Å². The van der Waals surface area contributed by atoms with Crippen LogP contribution < -0.4 is 16.0 Å². The molecule has 0 unspecified atom stereocenters. The molecule has 1 fully saturated rings. The molecule has 100 valence electrons. The standard InChI is InChI=1S/C11H19N5OS/c1-16(8-3-4-8)5-6-17-10-7-9(15-12)13-11(14-10)18-2/h7-8H,3-6,12H2,1-2H3,(H,13,14,15). The Hall–Kier alpha value is -1.05. The van der Waals surface area contributed by atoms with Gasteiger partial charge >= 0.3 is 0 Å². The molecule has 6 nitrogen and oxygen atoms in total. The third-order valence-corrected chi connectivity index (χ3v) is 3.42. The topological polar surface area (TPSA) is 76.3 Å². The van der Waals surface area contributed by atoms with E-state index in [9.17, 15) is 0 Å². The van der Waals surface area contributed by atoms with Gasteiger partial charge < -0.3 is 15.1 Å². The van der Waals surface area contributed by atoms with E-state index in [0.29, 0.717) is 23.5 Å². The maximum absolute atomic E-state index is 5.64. The number of aromatic nitrogens is 2. The number of likely N-dealkylation sites (N-methyl/N-ethyl adjacent to an activating group) is 1. The molecule has 1 aromatic heterocycles. The van der Waals surface area contributed by atoms with Gasteiger partial charge in [-0.2, -0.15) is 4.98 Å². The van der Waals surface area contributed by atoms with Crippen LogP contribution in [0.15, 0.2) is 11.2 Å². The molecule has 0 amide bonds. The second-order valence-corrected chi connectivity index (χ2v) is 5.06. The summed E-state index contributed by atoms with van der Waals surface area (Å²) in [4.78, 5) is 10.8. The van der Waals surface area contributed by atoms with Crippen molar-refractivity contribution in [3.8, 4) is 5.88 Å². The SMILES string of the molecule is CSc1nc(NN)cc(OCCN(C)C2CC2)n1. The number of hydrogen-bond acceptors (Lipinski definition) is 7. The van der Waals surface area contributed by atoms with Crippen molar-refractivity contribution >= 4 is 17.6 Å². The lowest BCUT2D eigenvalue weighted by atomic mass is 10.5. The van der Waals surface area contributed by atoms with Gasteiger partial charge in [0, 0.05) is 18.7 Å². The van der Waals surface area contributed by atoms with Gasteiger partial charge in [-0.3, -0.25) is 0 Å². The molecular formula is C11H19N5OS. The fourth-order valence-corrected chi connectivity index (χ4v) is 2.01. The summed E-state index contributed by atoms with van der Waals surface area (Å²) in [6, 6.07) is 2.46. The maximum atomic E-state index is 5.64. The highest BCUT2D eigenvalue weighted by Gasteiger charge is 2.25. The number of nitrogens with zero attached hydrogens (tertiary/aromatic N) is 3. The Kier molecular flexibility index (Phi) is 4.62. The third-order valence-electron chi connectivity index (χ3n) is 2.88. The zero-order valence-electron chi connectivity index (χ0n) is 10.7. The smallest absolute Gasteiger partial charge is 0.219 e. The molecule has 3 N–H and O–H groups in total. The van der Waals surface area contributed by atoms with Crippen molar-refractivity contribution in [2.24, 2.45) is 5.84 Å². The molecule has 1 aromatic rings. The largest absolute Gasteiger partial charge is 0.476 e. The van der Waals surface area contributed by atoms with E-state index in [4.69, 9.17) is 10.6 Å². The summed E-state index contributed by atoms with van der Waals surface area (Å²) in [6.45, 7) is 1.54. The van der Waals surface area contributed by atoms with Crippen LogP contribution in [0.5, 0.6) is 5.88 Å². The predicted molar refractivity (Wildman–Crippen MR) is 72.8 cm³/mol. The van der Waals surface area contributed by atoms with Crippen LogP contribution in [0.4, 0.5) is 5.82 Å². The molecule has 0 aromatic carbocycles. The van der Waals surface area contributed by atoms with Gasteiger partial charge in [0.1, 0.15) is 12.4 Å². The van der Waals surface area contributed by atoms with Crippen LogP contribution in [0.1, 0.15) is 12.8 Å². The fraction of sp³-hybridized carbons (Fsp3) is 0.636. The van der Waals surface area contributed by atoms with E-state index in [1.54, 1.807) is 6.07 Å². The second-order valence-electron chi connectivity index (χ2n) is 4.28. The molecule has 0 bridgehead atoms. The summed E-state index contributed by atoms with van der Waals surface area (Å²) in [5.41, 5.74) is 2.51.